The number of morpholine rings is 1. The summed E-state index contributed by atoms with van der Waals surface area (Å²) >= 11 is 3.48. The Bertz CT molecular complexity index is 201. The molecular formula is C15H30BrNO. The molecule has 1 fully saturated rings. The molecule has 1 saturated heterocycles. The average Bonchev–Trinajstić information content (AvgIpc) is 2.36. The van der Waals surface area contributed by atoms with Gasteiger partial charge in [0.2, 0.25) is 0 Å². The van der Waals surface area contributed by atoms with Crippen LogP contribution in [0.15, 0.2) is 0 Å². The van der Waals surface area contributed by atoms with E-state index < -0.39 is 0 Å². The van der Waals surface area contributed by atoms with Crippen LogP contribution in [0, 0.1) is 0 Å². The molecule has 0 aliphatic carbocycles. The fraction of sp³-hybridized carbons (Fsp3) is 1.00. The number of hydrogen-bond acceptors (Lipinski definition) is 2. The summed E-state index contributed by atoms with van der Waals surface area (Å²) < 4.78 is 5.66. The predicted molar refractivity (Wildman–Crippen MR) is 82.6 cm³/mol. The molecular weight excluding hydrogens is 290 g/mol. The lowest BCUT2D eigenvalue weighted by Gasteiger charge is -2.36. The highest BCUT2D eigenvalue weighted by Crippen LogP contribution is 2.13. The molecule has 2 nitrogen and oxygen atoms in total. The molecule has 0 saturated carbocycles. The first-order valence-corrected chi connectivity index (χ1v) is 8.77. The molecule has 108 valence electrons. The van der Waals surface area contributed by atoms with E-state index in [1.54, 1.807) is 0 Å². The number of alkyl halides is 1. The highest BCUT2D eigenvalue weighted by molar-refractivity contribution is 9.09. The highest BCUT2D eigenvalue weighted by Gasteiger charge is 2.22. The molecule has 0 amide bonds. The fourth-order valence-corrected chi connectivity index (χ4v) is 2.97. The molecule has 0 aromatic carbocycles. The molecule has 1 aliphatic rings. The van der Waals surface area contributed by atoms with Crippen LogP contribution in [0.1, 0.15) is 58.8 Å². The largest absolute Gasteiger partial charge is 0.376 e. The number of unbranched alkanes of at least 4 members (excludes halogenated alkanes) is 6. The molecule has 0 radical (unpaired) electrons. The van der Waals surface area contributed by atoms with Crippen LogP contribution in [-0.2, 0) is 4.74 Å². The zero-order valence-corrected chi connectivity index (χ0v) is 13.8. The van der Waals surface area contributed by atoms with Crippen molar-refractivity contribution in [2.45, 2.75) is 70.9 Å². The van der Waals surface area contributed by atoms with Crippen LogP contribution in [0.25, 0.3) is 0 Å². The third-order valence-corrected chi connectivity index (χ3v) is 4.38. The van der Waals surface area contributed by atoms with E-state index in [1.807, 2.05) is 0 Å². The van der Waals surface area contributed by atoms with Gasteiger partial charge in [0.1, 0.15) is 0 Å². The maximum Gasteiger partial charge on any atom is 0.0674 e. The number of halogens is 1. The van der Waals surface area contributed by atoms with E-state index in [9.17, 15) is 0 Å². The van der Waals surface area contributed by atoms with E-state index in [1.165, 1.54) is 56.8 Å². The standard InChI is InChI=1S/C15H30BrNO/c1-14-13-18-15(2)12-17(14)11-9-7-5-3-4-6-8-10-16/h14-15H,3-13H2,1-2H3. The van der Waals surface area contributed by atoms with Gasteiger partial charge < -0.3 is 4.74 Å². The summed E-state index contributed by atoms with van der Waals surface area (Å²) in [6.07, 6.45) is 10.1. The first-order valence-electron chi connectivity index (χ1n) is 7.65. The van der Waals surface area contributed by atoms with Crippen LogP contribution in [0.3, 0.4) is 0 Å². The Labute approximate surface area is 122 Å². The van der Waals surface area contributed by atoms with E-state index in [4.69, 9.17) is 4.74 Å². The summed E-state index contributed by atoms with van der Waals surface area (Å²) in [6, 6.07) is 0.611. The minimum atomic E-state index is 0.422. The lowest BCUT2D eigenvalue weighted by atomic mass is 10.1. The van der Waals surface area contributed by atoms with Crippen molar-refractivity contribution in [3.63, 3.8) is 0 Å². The molecule has 0 N–H and O–H groups in total. The molecule has 18 heavy (non-hydrogen) atoms. The number of hydrogen-bond donors (Lipinski definition) is 0. The minimum absolute atomic E-state index is 0.422. The number of ether oxygens (including phenoxy) is 1. The Kier molecular flexibility index (Phi) is 9.34. The van der Waals surface area contributed by atoms with Gasteiger partial charge in [-0.1, -0.05) is 48.0 Å². The van der Waals surface area contributed by atoms with Gasteiger partial charge in [0.15, 0.2) is 0 Å². The van der Waals surface area contributed by atoms with E-state index in [-0.39, 0.29) is 0 Å². The summed E-state index contributed by atoms with van der Waals surface area (Å²) in [5.41, 5.74) is 0. The second kappa shape index (κ2) is 10.2. The van der Waals surface area contributed by atoms with Crippen molar-refractivity contribution in [2.24, 2.45) is 0 Å². The monoisotopic (exact) mass is 319 g/mol. The molecule has 0 spiro atoms. The summed E-state index contributed by atoms with van der Waals surface area (Å²) in [6.45, 7) is 7.76. The smallest absolute Gasteiger partial charge is 0.0674 e. The quantitative estimate of drug-likeness (QED) is 0.466. The van der Waals surface area contributed by atoms with Gasteiger partial charge in [-0.2, -0.15) is 0 Å². The van der Waals surface area contributed by atoms with Crippen molar-refractivity contribution in [2.75, 3.05) is 25.0 Å². The van der Waals surface area contributed by atoms with Gasteiger partial charge in [-0.3, -0.25) is 4.90 Å². The first kappa shape index (κ1) is 16.5. The summed E-state index contributed by atoms with van der Waals surface area (Å²) in [5.74, 6) is 0. The number of rotatable bonds is 9. The molecule has 0 bridgehead atoms. The molecule has 2 unspecified atom stereocenters. The van der Waals surface area contributed by atoms with E-state index in [2.05, 4.69) is 34.7 Å². The molecule has 0 aromatic rings. The van der Waals surface area contributed by atoms with Crippen LogP contribution in [0.4, 0.5) is 0 Å². The maximum absolute atomic E-state index is 5.66. The van der Waals surface area contributed by atoms with Gasteiger partial charge in [-0.05, 0) is 33.2 Å². The molecule has 1 aliphatic heterocycles. The molecule has 0 aromatic heterocycles. The third-order valence-electron chi connectivity index (χ3n) is 3.82. The Morgan fingerprint density at radius 3 is 2.28 bits per heavy atom. The van der Waals surface area contributed by atoms with Crippen molar-refractivity contribution in [3.05, 3.63) is 0 Å². The van der Waals surface area contributed by atoms with Crippen molar-refractivity contribution < 1.29 is 4.74 Å². The van der Waals surface area contributed by atoms with Gasteiger partial charge in [0.25, 0.3) is 0 Å². The van der Waals surface area contributed by atoms with Crippen LogP contribution in [0.5, 0.6) is 0 Å². The van der Waals surface area contributed by atoms with Crippen molar-refractivity contribution in [3.8, 4) is 0 Å². The van der Waals surface area contributed by atoms with Crippen LogP contribution >= 0.6 is 15.9 Å². The van der Waals surface area contributed by atoms with Gasteiger partial charge in [-0.15, -0.1) is 0 Å². The Morgan fingerprint density at radius 2 is 1.61 bits per heavy atom. The number of nitrogens with zero attached hydrogens (tertiary/aromatic N) is 1. The zero-order valence-electron chi connectivity index (χ0n) is 12.2. The SMILES string of the molecule is CC1CN(CCCCCCCCCBr)C(C)CO1. The van der Waals surface area contributed by atoms with E-state index in [0.717, 1.165) is 13.2 Å². The van der Waals surface area contributed by atoms with Crippen LogP contribution < -0.4 is 0 Å². The normalized spacial score (nSPS) is 25.5. The molecule has 2 atom stereocenters. The lowest BCUT2D eigenvalue weighted by molar-refractivity contribution is -0.0496. The highest BCUT2D eigenvalue weighted by atomic mass is 79.9. The lowest BCUT2D eigenvalue weighted by Crippen LogP contribution is -2.47. The minimum Gasteiger partial charge on any atom is -0.376 e. The zero-order chi connectivity index (χ0) is 13.2. The Hall–Kier alpha value is 0.400. The van der Waals surface area contributed by atoms with Gasteiger partial charge >= 0.3 is 0 Å². The van der Waals surface area contributed by atoms with E-state index in [0.29, 0.717) is 12.1 Å². The maximum atomic E-state index is 5.66. The van der Waals surface area contributed by atoms with Crippen molar-refractivity contribution >= 4 is 15.9 Å². The topological polar surface area (TPSA) is 12.5 Å². The summed E-state index contributed by atoms with van der Waals surface area (Å²) in [4.78, 5) is 2.60. The van der Waals surface area contributed by atoms with Gasteiger partial charge in [0, 0.05) is 17.9 Å². The van der Waals surface area contributed by atoms with Gasteiger partial charge in [0.05, 0.1) is 12.7 Å². The second-order valence-electron chi connectivity index (χ2n) is 5.65. The first-order chi connectivity index (χ1) is 8.74. The van der Waals surface area contributed by atoms with Crippen LogP contribution in [-0.4, -0.2) is 42.1 Å². The predicted octanol–water partition coefficient (Wildman–Crippen LogP) is 4.22. The summed E-state index contributed by atoms with van der Waals surface area (Å²) in [5, 5.41) is 1.17. The molecule has 3 heteroatoms. The fourth-order valence-electron chi connectivity index (χ4n) is 2.58. The molecule has 1 heterocycles. The second-order valence-corrected chi connectivity index (χ2v) is 6.44. The van der Waals surface area contributed by atoms with Crippen molar-refractivity contribution in [1.82, 2.24) is 4.90 Å². The van der Waals surface area contributed by atoms with Crippen molar-refractivity contribution in [1.29, 1.82) is 0 Å². The van der Waals surface area contributed by atoms with Crippen LogP contribution in [0.2, 0.25) is 0 Å². The van der Waals surface area contributed by atoms with E-state index >= 15 is 0 Å². The molecule has 1 rings (SSSR count). The third kappa shape index (κ3) is 7.10. The Balaban J connectivity index is 1.93. The van der Waals surface area contributed by atoms with Gasteiger partial charge in [-0.25, -0.2) is 0 Å². The summed E-state index contributed by atoms with van der Waals surface area (Å²) in [7, 11) is 0. The average molecular weight is 320 g/mol. The Morgan fingerprint density at radius 1 is 1.00 bits per heavy atom.